The molecule has 0 saturated heterocycles. The maximum absolute atomic E-state index is 14.0. The van der Waals surface area contributed by atoms with E-state index >= 15 is 0 Å². The summed E-state index contributed by atoms with van der Waals surface area (Å²) in [6.07, 6.45) is 2.00. The fourth-order valence-corrected chi connectivity index (χ4v) is 4.02. The molecule has 172 valence electrons. The number of amides is 2. The highest BCUT2D eigenvalue weighted by molar-refractivity contribution is 5.92. The van der Waals surface area contributed by atoms with E-state index in [1.54, 1.807) is 11.0 Å². The van der Waals surface area contributed by atoms with Crippen molar-refractivity contribution in [1.29, 1.82) is 0 Å². The first-order chi connectivity index (χ1) is 15.8. The molecule has 0 radical (unpaired) electrons. The van der Waals surface area contributed by atoms with Crippen molar-refractivity contribution in [2.24, 2.45) is 0 Å². The Kier molecular flexibility index (Phi) is 6.44. The topological polar surface area (TPSA) is 84.7 Å². The predicted octanol–water partition coefficient (Wildman–Crippen LogP) is 4.02. The molecule has 2 amide bonds. The Labute approximate surface area is 191 Å². The van der Waals surface area contributed by atoms with Crippen molar-refractivity contribution in [3.63, 3.8) is 0 Å². The number of nitrogens with one attached hydrogen (secondary N) is 1. The van der Waals surface area contributed by atoms with Crippen LogP contribution in [-0.2, 0) is 17.8 Å². The van der Waals surface area contributed by atoms with Crippen LogP contribution in [0.2, 0.25) is 0 Å². The van der Waals surface area contributed by atoms with Crippen LogP contribution in [0.15, 0.2) is 53.1 Å². The van der Waals surface area contributed by atoms with E-state index in [1.165, 1.54) is 25.3 Å². The molecule has 0 saturated carbocycles. The largest absolute Gasteiger partial charge is 0.484 e. The van der Waals surface area contributed by atoms with Crippen LogP contribution in [0.3, 0.4) is 0 Å². The van der Waals surface area contributed by atoms with E-state index < -0.39 is 6.04 Å². The Bertz CT molecular complexity index is 1170. The third-order valence-electron chi connectivity index (χ3n) is 5.48. The second kappa shape index (κ2) is 9.44. The maximum Gasteiger partial charge on any atom is 0.273 e. The summed E-state index contributed by atoms with van der Waals surface area (Å²) in [6, 6.07) is 11.6. The van der Waals surface area contributed by atoms with Crippen molar-refractivity contribution in [1.82, 2.24) is 15.2 Å². The van der Waals surface area contributed by atoms with Gasteiger partial charge in [-0.3, -0.25) is 9.59 Å². The van der Waals surface area contributed by atoms with Crippen LogP contribution in [0.25, 0.3) is 0 Å². The molecule has 2 heterocycles. The molecule has 8 heteroatoms. The molecule has 1 N–H and O–H groups in total. The van der Waals surface area contributed by atoms with Crippen LogP contribution in [-0.4, -0.2) is 34.3 Å². The monoisotopic (exact) mass is 451 g/mol. The summed E-state index contributed by atoms with van der Waals surface area (Å²) in [5, 5.41) is 2.76. The van der Waals surface area contributed by atoms with Crippen LogP contribution >= 0.6 is 0 Å². The van der Waals surface area contributed by atoms with E-state index in [2.05, 4.69) is 10.3 Å². The van der Waals surface area contributed by atoms with Crippen molar-refractivity contribution in [2.45, 2.75) is 45.9 Å². The van der Waals surface area contributed by atoms with E-state index in [1.807, 2.05) is 38.1 Å². The Morgan fingerprint density at radius 2 is 2.09 bits per heavy atom. The lowest BCUT2D eigenvalue weighted by molar-refractivity contribution is -0.130. The number of carbonyl (C=O) groups excluding carboxylic acids is 2. The van der Waals surface area contributed by atoms with Gasteiger partial charge in [0.2, 0.25) is 11.8 Å². The van der Waals surface area contributed by atoms with E-state index in [4.69, 9.17) is 9.15 Å². The molecule has 0 spiro atoms. The third kappa shape index (κ3) is 5.05. The molecule has 3 aromatic rings. The highest BCUT2D eigenvalue weighted by Gasteiger charge is 2.31. The molecule has 0 bridgehead atoms. The number of hydrogen-bond donors (Lipinski definition) is 1. The Morgan fingerprint density at radius 3 is 2.82 bits per heavy atom. The first-order valence-corrected chi connectivity index (χ1v) is 10.9. The normalized spacial score (nSPS) is 15.3. The highest BCUT2D eigenvalue weighted by atomic mass is 19.1. The fourth-order valence-electron chi connectivity index (χ4n) is 4.02. The lowest BCUT2D eigenvalue weighted by Crippen LogP contribution is -2.39. The number of rotatable bonds is 6. The van der Waals surface area contributed by atoms with Gasteiger partial charge in [-0.25, -0.2) is 9.37 Å². The van der Waals surface area contributed by atoms with E-state index in [-0.39, 0.29) is 41.9 Å². The Hall–Kier alpha value is -3.68. The number of oxazole rings is 1. The van der Waals surface area contributed by atoms with Gasteiger partial charge in [0, 0.05) is 19.5 Å². The predicted molar refractivity (Wildman–Crippen MR) is 119 cm³/mol. The van der Waals surface area contributed by atoms with Crippen LogP contribution in [0, 0.1) is 5.82 Å². The fraction of sp³-hybridized carbons (Fsp3) is 0.320. The van der Waals surface area contributed by atoms with Gasteiger partial charge in [-0.05, 0) is 61.2 Å². The molecule has 4 rings (SSSR count). The van der Waals surface area contributed by atoms with Gasteiger partial charge in [-0.1, -0.05) is 18.2 Å². The van der Waals surface area contributed by atoms with Gasteiger partial charge in [-0.15, -0.1) is 0 Å². The van der Waals surface area contributed by atoms with Crippen molar-refractivity contribution in [3.05, 3.63) is 82.8 Å². The number of hydrogen-bond acceptors (Lipinski definition) is 5. The quantitative estimate of drug-likeness (QED) is 0.612. The molecule has 0 fully saturated rings. The van der Waals surface area contributed by atoms with Crippen LogP contribution in [0.5, 0.6) is 5.75 Å². The van der Waals surface area contributed by atoms with E-state index in [0.29, 0.717) is 24.3 Å². The molecule has 1 aromatic heterocycles. The molecule has 2 aromatic carbocycles. The third-order valence-corrected chi connectivity index (χ3v) is 5.48. The molecule has 1 unspecified atom stereocenters. The number of benzene rings is 2. The van der Waals surface area contributed by atoms with Gasteiger partial charge in [0.1, 0.15) is 17.8 Å². The summed E-state index contributed by atoms with van der Waals surface area (Å²) in [7, 11) is 0. The second-order valence-electron chi connectivity index (χ2n) is 8.32. The lowest BCUT2D eigenvalue weighted by atomic mass is 9.88. The van der Waals surface area contributed by atoms with E-state index in [0.717, 1.165) is 11.1 Å². The minimum absolute atomic E-state index is 0.00926. The van der Waals surface area contributed by atoms with Crippen molar-refractivity contribution in [3.8, 4) is 5.75 Å². The minimum atomic E-state index is -0.404. The average molecular weight is 451 g/mol. The SMILES string of the molecule is CC(=O)N1CCc2ccc(OCc3nc(C(=O)NC(C)C)co3)cc2C1c1cccc(F)c1. The molecule has 1 atom stereocenters. The van der Waals surface area contributed by atoms with Gasteiger partial charge in [0.15, 0.2) is 12.3 Å². The number of halogens is 1. The Morgan fingerprint density at radius 1 is 1.27 bits per heavy atom. The number of aromatic nitrogens is 1. The molecule has 1 aliphatic heterocycles. The van der Waals surface area contributed by atoms with Crippen LogP contribution in [0.4, 0.5) is 4.39 Å². The lowest BCUT2D eigenvalue weighted by Gasteiger charge is -2.37. The summed E-state index contributed by atoms with van der Waals surface area (Å²) in [5.41, 5.74) is 2.87. The van der Waals surface area contributed by atoms with Gasteiger partial charge in [0.25, 0.3) is 5.91 Å². The molecule has 0 aliphatic carbocycles. The first-order valence-electron chi connectivity index (χ1n) is 10.9. The van der Waals surface area contributed by atoms with Gasteiger partial charge in [0.05, 0.1) is 6.04 Å². The maximum atomic E-state index is 14.0. The minimum Gasteiger partial charge on any atom is -0.484 e. The zero-order valence-electron chi connectivity index (χ0n) is 18.8. The summed E-state index contributed by atoms with van der Waals surface area (Å²) in [6.45, 7) is 5.84. The smallest absolute Gasteiger partial charge is 0.273 e. The summed E-state index contributed by atoms with van der Waals surface area (Å²) in [4.78, 5) is 30.3. The second-order valence-corrected chi connectivity index (χ2v) is 8.32. The summed E-state index contributed by atoms with van der Waals surface area (Å²) >= 11 is 0. The molecule has 7 nitrogen and oxygen atoms in total. The van der Waals surface area contributed by atoms with E-state index in [9.17, 15) is 14.0 Å². The van der Waals surface area contributed by atoms with Gasteiger partial charge < -0.3 is 19.4 Å². The number of carbonyl (C=O) groups is 2. The van der Waals surface area contributed by atoms with Gasteiger partial charge in [-0.2, -0.15) is 0 Å². The van der Waals surface area contributed by atoms with Crippen molar-refractivity contribution in [2.75, 3.05) is 6.54 Å². The summed E-state index contributed by atoms with van der Waals surface area (Å²) < 4.78 is 25.2. The molecular weight excluding hydrogens is 425 g/mol. The molecule has 33 heavy (non-hydrogen) atoms. The number of nitrogens with zero attached hydrogens (tertiary/aromatic N) is 2. The standard InChI is InChI=1S/C25H26FN3O4/c1-15(2)27-25(31)22-13-33-23(28-22)14-32-20-8-7-17-9-10-29(16(3)30)24(21(17)12-20)18-5-4-6-19(26)11-18/h4-8,11-13,15,24H,9-10,14H2,1-3H3,(H,27,31). The highest BCUT2D eigenvalue weighted by Crippen LogP contribution is 2.37. The Balaban J connectivity index is 1.56. The number of ether oxygens (including phenoxy) is 1. The first kappa shape index (κ1) is 22.5. The van der Waals surface area contributed by atoms with Gasteiger partial charge >= 0.3 is 0 Å². The van der Waals surface area contributed by atoms with Crippen molar-refractivity contribution < 1.29 is 23.1 Å². The van der Waals surface area contributed by atoms with Crippen LogP contribution < -0.4 is 10.1 Å². The van der Waals surface area contributed by atoms with Crippen molar-refractivity contribution >= 4 is 11.8 Å². The zero-order valence-corrected chi connectivity index (χ0v) is 18.8. The molecule has 1 aliphatic rings. The van der Waals surface area contributed by atoms with Crippen LogP contribution in [0.1, 0.15) is 59.9 Å². The zero-order chi connectivity index (χ0) is 23.5. The molecular formula is C25H26FN3O4. The average Bonchev–Trinajstić information content (AvgIpc) is 3.25. The summed E-state index contributed by atoms with van der Waals surface area (Å²) in [5.74, 6) is 0.0987. The number of fused-ring (bicyclic) bond motifs is 1.